The molecule has 0 bridgehead atoms. The first kappa shape index (κ1) is 32.5. The van der Waals surface area contributed by atoms with Crippen LogP contribution in [-0.2, 0) is 5.41 Å². The molecule has 7 aromatic carbocycles. The van der Waals surface area contributed by atoms with E-state index < -0.39 is 5.41 Å². The maximum atomic E-state index is 5.29. The molecule has 262 valence electrons. The normalized spacial score (nSPS) is 13.1. The van der Waals surface area contributed by atoms with Gasteiger partial charge in [-0.2, -0.15) is 0 Å². The predicted molar refractivity (Wildman–Crippen MR) is 226 cm³/mol. The number of fused-ring (bicyclic) bond motifs is 11. The Morgan fingerprint density at radius 3 is 1.48 bits per heavy atom. The molecule has 0 radical (unpaired) electrons. The largest absolute Gasteiger partial charge is 0.236 e. The summed E-state index contributed by atoms with van der Waals surface area (Å²) in [6, 6.07) is 64.9. The van der Waals surface area contributed by atoms with Gasteiger partial charge in [0.25, 0.3) is 0 Å². The second-order valence-electron chi connectivity index (χ2n) is 14.2. The highest BCUT2D eigenvalue weighted by Crippen LogP contribution is 2.61. The van der Waals surface area contributed by atoms with Crippen LogP contribution in [0.5, 0.6) is 0 Å². The van der Waals surface area contributed by atoms with Gasteiger partial charge >= 0.3 is 0 Å². The molecule has 9 aromatic rings. The molecule has 11 rings (SSSR count). The quantitative estimate of drug-likeness (QED) is 0.180. The summed E-state index contributed by atoms with van der Waals surface area (Å²) >= 11 is 1.85. The van der Waals surface area contributed by atoms with Gasteiger partial charge in [-0.1, -0.05) is 169 Å². The highest BCUT2D eigenvalue weighted by atomic mass is 32.2. The third-order valence-corrected chi connectivity index (χ3v) is 12.2. The average molecular weight is 733 g/mol. The third-order valence-electron chi connectivity index (χ3n) is 11.1. The van der Waals surface area contributed by atoms with E-state index >= 15 is 0 Å². The number of aromatic nitrogens is 4. The molecule has 1 aliphatic heterocycles. The molecule has 5 heteroatoms. The van der Waals surface area contributed by atoms with Crippen molar-refractivity contribution >= 4 is 11.8 Å². The van der Waals surface area contributed by atoms with Crippen molar-refractivity contribution in [1.82, 2.24) is 19.9 Å². The summed E-state index contributed by atoms with van der Waals surface area (Å²) in [7, 11) is 0. The Hall–Kier alpha value is -6.95. The van der Waals surface area contributed by atoms with Crippen LogP contribution < -0.4 is 0 Å². The van der Waals surface area contributed by atoms with Crippen molar-refractivity contribution < 1.29 is 0 Å². The Kier molecular flexibility index (Phi) is 7.61. The molecule has 1 spiro atoms. The summed E-state index contributed by atoms with van der Waals surface area (Å²) in [6.07, 6.45) is 3.73. The first-order chi connectivity index (χ1) is 27.8. The van der Waals surface area contributed by atoms with E-state index in [-0.39, 0.29) is 0 Å². The van der Waals surface area contributed by atoms with Crippen molar-refractivity contribution in [2.24, 2.45) is 0 Å². The number of hydrogen-bond acceptors (Lipinski definition) is 5. The fourth-order valence-electron chi connectivity index (χ4n) is 8.62. The molecule has 0 saturated heterocycles. The van der Waals surface area contributed by atoms with Crippen LogP contribution in [0.15, 0.2) is 204 Å². The Labute approximate surface area is 329 Å². The van der Waals surface area contributed by atoms with Gasteiger partial charge in [0.15, 0.2) is 11.6 Å². The molecular weight excluding hydrogens is 701 g/mol. The summed E-state index contributed by atoms with van der Waals surface area (Å²) in [5.41, 5.74) is 14.6. The Bertz CT molecular complexity index is 2900. The summed E-state index contributed by atoms with van der Waals surface area (Å²) in [5.74, 6) is 1.32. The number of rotatable bonds is 4. The molecule has 1 aliphatic carbocycles. The zero-order chi connectivity index (χ0) is 37.1. The Morgan fingerprint density at radius 2 is 0.839 bits per heavy atom. The highest BCUT2D eigenvalue weighted by Gasteiger charge is 2.48. The molecule has 0 fully saturated rings. The lowest BCUT2D eigenvalue weighted by atomic mass is 9.63. The highest BCUT2D eigenvalue weighted by molar-refractivity contribution is 7.99. The summed E-state index contributed by atoms with van der Waals surface area (Å²) in [5, 5.41) is 0. The van der Waals surface area contributed by atoms with Gasteiger partial charge < -0.3 is 0 Å². The molecule has 2 aliphatic rings. The standard InChI is InChI=1S/C51H32N4S/c1-3-15-33(16-4-1)45-30-46(36-31-52-49(53-32-36)34-17-5-2-6-18-34)55-50(54-45)35-27-28-40-38-20-8-7-19-37(38)39-21-9-10-22-41(39)51(44(40)29-35)42-23-11-13-25-47(42)56-48-26-14-12-24-43(48)51/h1-32H. The van der Waals surface area contributed by atoms with Crippen molar-refractivity contribution in [3.8, 4) is 67.5 Å². The molecule has 0 unspecified atom stereocenters. The number of hydrogen-bond donors (Lipinski definition) is 0. The lowest BCUT2D eigenvalue weighted by molar-refractivity contribution is 0.708. The molecule has 0 saturated carbocycles. The SMILES string of the molecule is c1ccc(-c2cc(-c3cnc(-c4ccccc4)nc3)nc(-c3ccc4c(c3)C3(c5ccccc5Sc5ccccc53)c3ccccc3-c3ccccc3-4)n2)cc1. The monoisotopic (exact) mass is 732 g/mol. The van der Waals surface area contributed by atoms with Crippen LogP contribution in [0.2, 0.25) is 0 Å². The smallest absolute Gasteiger partial charge is 0.160 e. The summed E-state index contributed by atoms with van der Waals surface area (Å²) in [4.78, 5) is 22.6. The second-order valence-corrected chi connectivity index (χ2v) is 15.3. The minimum absolute atomic E-state index is 0.625. The molecule has 0 N–H and O–H groups in total. The number of nitrogens with zero attached hydrogens (tertiary/aromatic N) is 4. The number of benzene rings is 7. The van der Waals surface area contributed by atoms with E-state index in [1.54, 1.807) is 0 Å². The van der Waals surface area contributed by atoms with Crippen molar-refractivity contribution in [2.45, 2.75) is 15.2 Å². The molecular formula is C51H32N4S. The van der Waals surface area contributed by atoms with Crippen molar-refractivity contribution in [1.29, 1.82) is 0 Å². The van der Waals surface area contributed by atoms with Gasteiger partial charge in [-0.25, -0.2) is 19.9 Å². The first-order valence-corrected chi connectivity index (χ1v) is 19.6. The van der Waals surface area contributed by atoms with Crippen molar-refractivity contribution in [3.63, 3.8) is 0 Å². The maximum Gasteiger partial charge on any atom is 0.160 e. The molecule has 3 heterocycles. The van der Waals surface area contributed by atoms with Gasteiger partial charge in [-0.15, -0.1) is 0 Å². The van der Waals surface area contributed by atoms with Gasteiger partial charge in [-0.3, -0.25) is 0 Å². The van der Waals surface area contributed by atoms with Crippen LogP contribution in [0, 0.1) is 0 Å². The molecule has 4 nitrogen and oxygen atoms in total. The van der Waals surface area contributed by atoms with Crippen LogP contribution >= 0.6 is 11.8 Å². The van der Waals surface area contributed by atoms with E-state index in [1.807, 2.05) is 78.8 Å². The third kappa shape index (κ3) is 5.09. The van der Waals surface area contributed by atoms with E-state index in [9.17, 15) is 0 Å². The van der Waals surface area contributed by atoms with Crippen molar-refractivity contribution in [3.05, 3.63) is 217 Å². The predicted octanol–water partition coefficient (Wildman–Crippen LogP) is 12.4. The first-order valence-electron chi connectivity index (χ1n) is 18.8. The lowest BCUT2D eigenvalue weighted by Crippen LogP contribution is -2.34. The molecule has 0 atom stereocenters. The van der Waals surface area contributed by atoms with Gasteiger partial charge in [-0.05, 0) is 68.8 Å². The fourth-order valence-corrected chi connectivity index (χ4v) is 9.82. The van der Waals surface area contributed by atoms with E-state index in [4.69, 9.17) is 19.9 Å². The van der Waals surface area contributed by atoms with Crippen LogP contribution in [0.4, 0.5) is 0 Å². The van der Waals surface area contributed by atoms with Gasteiger partial charge in [0.2, 0.25) is 0 Å². The van der Waals surface area contributed by atoms with Crippen molar-refractivity contribution in [2.75, 3.05) is 0 Å². The van der Waals surface area contributed by atoms with Crippen LogP contribution in [0.1, 0.15) is 22.3 Å². The second kappa shape index (κ2) is 13.1. The van der Waals surface area contributed by atoms with Crippen LogP contribution in [0.25, 0.3) is 67.5 Å². The minimum Gasteiger partial charge on any atom is -0.236 e. The summed E-state index contributed by atoms with van der Waals surface area (Å²) in [6.45, 7) is 0. The zero-order valence-electron chi connectivity index (χ0n) is 30.2. The summed E-state index contributed by atoms with van der Waals surface area (Å²) < 4.78 is 0. The van der Waals surface area contributed by atoms with Crippen LogP contribution in [0.3, 0.4) is 0 Å². The maximum absolute atomic E-state index is 5.29. The lowest BCUT2D eigenvalue weighted by Gasteiger charge is -2.42. The topological polar surface area (TPSA) is 51.6 Å². The molecule has 2 aromatic heterocycles. The van der Waals surface area contributed by atoms with Gasteiger partial charge in [0, 0.05) is 44.4 Å². The molecule has 56 heavy (non-hydrogen) atoms. The Morgan fingerprint density at radius 1 is 0.339 bits per heavy atom. The van der Waals surface area contributed by atoms with Gasteiger partial charge in [0.1, 0.15) is 0 Å². The fraction of sp³-hybridized carbons (Fsp3) is 0.0196. The van der Waals surface area contributed by atoms with E-state index in [2.05, 4.69) is 127 Å². The van der Waals surface area contributed by atoms with E-state index in [1.165, 1.54) is 54.3 Å². The van der Waals surface area contributed by atoms with E-state index in [0.717, 1.165) is 33.6 Å². The zero-order valence-corrected chi connectivity index (χ0v) is 31.0. The van der Waals surface area contributed by atoms with Crippen LogP contribution in [-0.4, -0.2) is 19.9 Å². The average Bonchev–Trinajstić information content (AvgIpc) is 3.38. The minimum atomic E-state index is -0.625. The Balaban J connectivity index is 1.19. The van der Waals surface area contributed by atoms with E-state index in [0.29, 0.717) is 11.6 Å². The molecule has 0 amide bonds. The van der Waals surface area contributed by atoms with Gasteiger partial charge in [0.05, 0.1) is 16.8 Å².